The number of aromatic nitrogens is 4. The number of nitrogens with one attached hydrogen (secondary N) is 2. The van der Waals surface area contributed by atoms with E-state index in [1.165, 1.54) is 0 Å². The van der Waals surface area contributed by atoms with Crippen LogP contribution in [0.1, 0.15) is 35.4 Å². The van der Waals surface area contributed by atoms with Crippen LogP contribution in [0.4, 0.5) is 11.6 Å². The van der Waals surface area contributed by atoms with E-state index in [1.807, 2.05) is 48.5 Å². The Balaban J connectivity index is 0.000000208. The number of carbonyl (C=O) groups is 3. The topological polar surface area (TPSA) is 190 Å². The Bertz CT molecular complexity index is 2010. The average molecular weight is 743 g/mol. The molecular weight excluding hydrogens is 696 g/mol. The molecule has 2 aromatic carbocycles. The second-order valence-corrected chi connectivity index (χ2v) is 12.7. The van der Waals surface area contributed by atoms with Gasteiger partial charge < -0.3 is 48.9 Å². The van der Waals surface area contributed by atoms with Gasteiger partial charge in [0.05, 0.1) is 51.8 Å². The van der Waals surface area contributed by atoms with Crippen molar-refractivity contribution in [1.82, 2.24) is 29.7 Å². The molecule has 2 aliphatic rings. The van der Waals surface area contributed by atoms with Crippen LogP contribution in [0, 0.1) is 0 Å². The molecular formula is C38H46N8O8. The number of carbonyl (C=O) groups excluding carboxylic acids is 3. The molecule has 4 aromatic rings. The predicted octanol–water partition coefficient (Wildman–Crippen LogP) is 0.529. The van der Waals surface area contributed by atoms with E-state index in [2.05, 4.69) is 20.6 Å². The van der Waals surface area contributed by atoms with Crippen molar-refractivity contribution in [3.05, 3.63) is 104 Å². The molecule has 2 aromatic heterocycles. The van der Waals surface area contributed by atoms with Gasteiger partial charge in [-0.25, -0.2) is 9.97 Å². The maximum Gasteiger partial charge on any atom is 0.293 e. The maximum absolute atomic E-state index is 13.0. The quantitative estimate of drug-likeness (QED) is 0.152. The molecule has 4 heterocycles. The monoisotopic (exact) mass is 742 g/mol. The van der Waals surface area contributed by atoms with Crippen LogP contribution >= 0.6 is 0 Å². The van der Waals surface area contributed by atoms with E-state index >= 15 is 0 Å². The van der Waals surface area contributed by atoms with Crippen LogP contribution in [-0.4, -0.2) is 102 Å². The summed E-state index contributed by atoms with van der Waals surface area (Å²) in [5.74, 6) is 1.78. The zero-order valence-corrected chi connectivity index (χ0v) is 30.5. The normalized spacial score (nSPS) is 14.1. The molecule has 286 valence electrons. The number of nitrogens with zero attached hydrogens (tertiary/aromatic N) is 6. The molecule has 0 unspecified atom stereocenters. The summed E-state index contributed by atoms with van der Waals surface area (Å²) in [7, 11) is 3.21. The third kappa shape index (κ3) is 10.5. The highest BCUT2D eigenvalue weighted by molar-refractivity contribution is 5.82. The van der Waals surface area contributed by atoms with Crippen LogP contribution in [0.5, 0.6) is 11.5 Å². The Morgan fingerprint density at radius 3 is 1.54 bits per heavy atom. The molecule has 54 heavy (non-hydrogen) atoms. The molecule has 0 bridgehead atoms. The van der Waals surface area contributed by atoms with Crippen molar-refractivity contribution in [2.75, 3.05) is 69.9 Å². The third-order valence-corrected chi connectivity index (χ3v) is 8.82. The summed E-state index contributed by atoms with van der Waals surface area (Å²) in [6, 6.07) is 15.0. The molecule has 0 saturated carbocycles. The van der Waals surface area contributed by atoms with Crippen LogP contribution in [0.3, 0.4) is 0 Å². The van der Waals surface area contributed by atoms with Gasteiger partial charge in [0.2, 0.25) is 11.8 Å². The number of aryl methyl sites for hydroxylation is 2. The first-order chi connectivity index (χ1) is 26.2. The van der Waals surface area contributed by atoms with Gasteiger partial charge >= 0.3 is 0 Å². The number of aldehydes is 1. The Morgan fingerprint density at radius 2 is 1.15 bits per heavy atom. The fraction of sp³-hybridized carbons (Fsp3) is 0.395. The minimum Gasteiger partial charge on any atom is -0.497 e. The van der Waals surface area contributed by atoms with E-state index in [9.17, 15) is 24.0 Å². The van der Waals surface area contributed by atoms with Crippen molar-refractivity contribution in [3.63, 3.8) is 0 Å². The van der Waals surface area contributed by atoms with Crippen molar-refractivity contribution < 1.29 is 29.0 Å². The molecule has 2 fully saturated rings. The number of hydrogen-bond donors (Lipinski definition) is 3. The largest absolute Gasteiger partial charge is 0.497 e. The van der Waals surface area contributed by atoms with Gasteiger partial charge in [0.25, 0.3) is 11.1 Å². The number of anilines is 2. The van der Waals surface area contributed by atoms with Crippen molar-refractivity contribution in [3.8, 4) is 11.5 Å². The van der Waals surface area contributed by atoms with Crippen LogP contribution in [0.15, 0.2) is 70.5 Å². The summed E-state index contributed by atoms with van der Waals surface area (Å²) in [5.41, 5.74) is 2.78. The lowest BCUT2D eigenvalue weighted by Gasteiger charge is -2.27. The van der Waals surface area contributed by atoms with Crippen molar-refractivity contribution in [1.29, 1.82) is 0 Å². The van der Waals surface area contributed by atoms with E-state index < -0.39 is 0 Å². The highest BCUT2D eigenvalue weighted by Gasteiger charge is 2.23. The number of amides is 2. The van der Waals surface area contributed by atoms with Gasteiger partial charge in [0, 0.05) is 51.6 Å². The fourth-order valence-electron chi connectivity index (χ4n) is 6.01. The molecule has 2 aliphatic heterocycles. The van der Waals surface area contributed by atoms with E-state index in [0.717, 1.165) is 34.6 Å². The smallest absolute Gasteiger partial charge is 0.293 e. The standard InChI is InChI=1S/C19H24N4O4.C19H22N4O4/c2*1-27-16-6-4-14(5-7-16)11-23-12-15(3-2-10-24)21-18(19(23)26)22-9-8-20-17(25)13-22/h4-7,12,24H,2-3,8-11,13H2,1H3,(H,20,25);4-7,10,12H,2-3,8-9,11,13H2,1H3,(H,20,25). The first-order valence-electron chi connectivity index (χ1n) is 17.8. The third-order valence-electron chi connectivity index (χ3n) is 8.82. The molecule has 6 rings (SSSR count). The molecule has 2 saturated heterocycles. The van der Waals surface area contributed by atoms with E-state index in [4.69, 9.17) is 14.6 Å². The summed E-state index contributed by atoms with van der Waals surface area (Å²) in [6.07, 6.45) is 6.14. The zero-order valence-electron chi connectivity index (χ0n) is 30.5. The van der Waals surface area contributed by atoms with Gasteiger partial charge in [-0.2, -0.15) is 0 Å². The van der Waals surface area contributed by atoms with Gasteiger partial charge in [-0.1, -0.05) is 24.3 Å². The number of methoxy groups -OCH3 is 2. The van der Waals surface area contributed by atoms with Crippen molar-refractivity contribution in [2.24, 2.45) is 0 Å². The van der Waals surface area contributed by atoms with Gasteiger partial charge in [-0.3, -0.25) is 19.2 Å². The van der Waals surface area contributed by atoms with Crippen LogP contribution in [0.25, 0.3) is 0 Å². The average Bonchev–Trinajstić information content (AvgIpc) is 3.19. The number of rotatable bonds is 14. The summed E-state index contributed by atoms with van der Waals surface area (Å²) < 4.78 is 13.5. The SMILES string of the molecule is COc1ccc(Cn2cc(CCC=O)nc(N3CCNC(=O)C3)c2=O)cc1.COc1ccc(Cn2cc(CCCO)nc(N3CCNC(=O)C3)c2=O)cc1. The Hall–Kier alpha value is -6.03. The van der Waals surface area contributed by atoms with Gasteiger partial charge in [0.15, 0.2) is 11.6 Å². The lowest BCUT2D eigenvalue weighted by molar-refractivity contribution is -0.121. The summed E-state index contributed by atoms with van der Waals surface area (Å²) in [6.45, 7) is 3.05. The fourth-order valence-corrected chi connectivity index (χ4v) is 6.01. The molecule has 16 heteroatoms. The first kappa shape index (κ1) is 39.2. The van der Waals surface area contributed by atoms with Gasteiger partial charge in [-0.05, 0) is 54.7 Å². The molecule has 16 nitrogen and oxygen atoms in total. The van der Waals surface area contributed by atoms with Crippen LogP contribution in [-0.2, 0) is 40.3 Å². The molecule has 2 amide bonds. The number of aliphatic hydroxyl groups excluding tert-OH is 1. The highest BCUT2D eigenvalue weighted by Crippen LogP contribution is 2.16. The summed E-state index contributed by atoms with van der Waals surface area (Å²) in [4.78, 5) is 72.4. The minimum absolute atomic E-state index is 0.0563. The number of piperazine rings is 2. The van der Waals surface area contributed by atoms with Crippen LogP contribution < -0.4 is 41.0 Å². The minimum atomic E-state index is -0.254. The molecule has 0 radical (unpaired) electrons. The highest BCUT2D eigenvalue weighted by atomic mass is 16.5. The Kier molecular flexibility index (Phi) is 13.9. The number of benzene rings is 2. The second kappa shape index (κ2) is 19.2. The lowest BCUT2D eigenvalue weighted by Crippen LogP contribution is -2.50. The molecule has 3 N–H and O–H groups in total. The second-order valence-electron chi connectivity index (χ2n) is 12.7. The number of ether oxygens (including phenoxy) is 2. The van der Waals surface area contributed by atoms with Crippen molar-refractivity contribution in [2.45, 2.75) is 38.8 Å². The Morgan fingerprint density at radius 1 is 0.704 bits per heavy atom. The zero-order chi connectivity index (χ0) is 38.5. The molecule has 0 atom stereocenters. The van der Waals surface area contributed by atoms with Crippen LogP contribution in [0.2, 0.25) is 0 Å². The number of aliphatic hydroxyl groups is 1. The lowest BCUT2D eigenvalue weighted by atomic mass is 10.2. The van der Waals surface area contributed by atoms with E-state index in [1.54, 1.807) is 45.5 Å². The molecule has 0 aliphatic carbocycles. The predicted molar refractivity (Wildman–Crippen MR) is 201 cm³/mol. The summed E-state index contributed by atoms with van der Waals surface area (Å²) >= 11 is 0. The summed E-state index contributed by atoms with van der Waals surface area (Å²) in [5, 5.41) is 14.6. The number of hydrogen-bond acceptors (Lipinski definition) is 12. The Labute approximate surface area is 312 Å². The van der Waals surface area contributed by atoms with E-state index in [0.29, 0.717) is 70.6 Å². The van der Waals surface area contributed by atoms with Gasteiger partial charge in [-0.15, -0.1) is 0 Å². The van der Waals surface area contributed by atoms with Crippen molar-refractivity contribution >= 4 is 29.7 Å². The first-order valence-corrected chi connectivity index (χ1v) is 17.8. The van der Waals surface area contributed by atoms with E-state index in [-0.39, 0.29) is 54.3 Å². The maximum atomic E-state index is 13.0. The van der Waals surface area contributed by atoms with Gasteiger partial charge in [0.1, 0.15) is 17.8 Å². The molecule has 0 spiro atoms.